The van der Waals surface area contributed by atoms with Gasteiger partial charge in [-0.2, -0.15) is 0 Å². The van der Waals surface area contributed by atoms with Gasteiger partial charge >= 0.3 is 0 Å². The maximum Gasteiger partial charge on any atom is 0.0560 e. The number of nitrogens with zero attached hydrogens (tertiary/aromatic N) is 2. The zero-order valence-corrected chi connectivity index (χ0v) is 14.7. The van der Waals surface area contributed by atoms with Crippen molar-refractivity contribution in [2.45, 2.75) is 18.5 Å². The Balaban J connectivity index is 1.68. The summed E-state index contributed by atoms with van der Waals surface area (Å²) in [6, 6.07) is 20.8. The molecule has 3 atom stereocenters. The molecule has 3 nitrogen and oxygen atoms in total. The molecule has 0 aliphatic carbocycles. The van der Waals surface area contributed by atoms with Crippen molar-refractivity contribution in [1.82, 2.24) is 9.80 Å². The van der Waals surface area contributed by atoms with Crippen LogP contribution in [-0.4, -0.2) is 43.5 Å². The van der Waals surface area contributed by atoms with E-state index in [0.29, 0.717) is 18.0 Å². The van der Waals surface area contributed by atoms with E-state index in [2.05, 4.69) is 83.8 Å². The fourth-order valence-electron chi connectivity index (χ4n) is 4.39. The Morgan fingerprint density at radius 2 is 1.79 bits per heavy atom. The van der Waals surface area contributed by atoms with E-state index in [1.54, 1.807) is 0 Å². The van der Waals surface area contributed by atoms with Gasteiger partial charge in [-0.1, -0.05) is 48.5 Å². The molecule has 0 amide bonds. The number of rotatable bonds is 4. The van der Waals surface area contributed by atoms with Gasteiger partial charge in [0.25, 0.3) is 0 Å². The maximum absolute atomic E-state index is 3.83. The van der Waals surface area contributed by atoms with Crippen molar-refractivity contribution in [1.29, 1.82) is 0 Å². The predicted molar refractivity (Wildman–Crippen MR) is 100 cm³/mol. The first-order chi connectivity index (χ1) is 11.7. The Bertz CT molecular complexity index is 682. The molecule has 0 spiro atoms. The molecule has 2 aliphatic heterocycles. The molecule has 24 heavy (non-hydrogen) atoms. The van der Waals surface area contributed by atoms with Gasteiger partial charge < -0.3 is 10.2 Å². The summed E-state index contributed by atoms with van der Waals surface area (Å²) in [4.78, 5) is 4.98. The minimum atomic E-state index is 0.412. The van der Waals surface area contributed by atoms with Crippen LogP contribution in [0.2, 0.25) is 0 Å². The summed E-state index contributed by atoms with van der Waals surface area (Å²) in [6.07, 6.45) is 1.26. The SMILES string of the molecule is CN(C)CCN1CCC2C(c3ccccc3)Nc3ccccc3C21. The van der Waals surface area contributed by atoms with Crippen LogP contribution in [0.15, 0.2) is 54.6 Å². The molecule has 126 valence electrons. The van der Waals surface area contributed by atoms with E-state index in [4.69, 9.17) is 0 Å². The van der Waals surface area contributed by atoms with Crippen LogP contribution in [0, 0.1) is 5.92 Å². The monoisotopic (exact) mass is 321 g/mol. The summed E-state index contributed by atoms with van der Waals surface area (Å²) in [6.45, 7) is 3.46. The Morgan fingerprint density at radius 1 is 1.04 bits per heavy atom. The number of likely N-dealkylation sites (tertiary alicyclic amines) is 1. The second-order valence-corrected chi connectivity index (χ2v) is 7.36. The fourth-order valence-corrected chi connectivity index (χ4v) is 4.39. The smallest absolute Gasteiger partial charge is 0.0560 e. The zero-order valence-electron chi connectivity index (χ0n) is 14.7. The summed E-state index contributed by atoms with van der Waals surface area (Å²) in [7, 11) is 4.33. The lowest BCUT2D eigenvalue weighted by Gasteiger charge is -2.40. The van der Waals surface area contributed by atoms with E-state index < -0.39 is 0 Å². The maximum atomic E-state index is 3.83. The molecule has 1 fully saturated rings. The van der Waals surface area contributed by atoms with Crippen molar-refractivity contribution >= 4 is 5.69 Å². The lowest BCUT2D eigenvalue weighted by Crippen LogP contribution is -2.37. The minimum Gasteiger partial charge on any atom is -0.378 e. The van der Waals surface area contributed by atoms with Crippen LogP contribution >= 0.6 is 0 Å². The number of likely N-dealkylation sites (N-methyl/N-ethyl adjacent to an activating group) is 1. The zero-order chi connectivity index (χ0) is 16.5. The number of hydrogen-bond donors (Lipinski definition) is 1. The largest absolute Gasteiger partial charge is 0.378 e. The molecule has 4 rings (SSSR count). The van der Waals surface area contributed by atoms with E-state index in [9.17, 15) is 0 Å². The Labute approximate surface area is 145 Å². The number of nitrogens with one attached hydrogen (secondary N) is 1. The molecule has 2 aromatic carbocycles. The third kappa shape index (κ3) is 2.83. The van der Waals surface area contributed by atoms with E-state index >= 15 is 0 Å². The molecule has 1 N–H and O–H groups in total. The van der Waals surface area contributed by atoms with Gasteiger partial charge in [-0.15, -0.1) is 0 Å². The third-order valence-corrected chi connectivity index (χ3v) is 5.56. The Morgan fingerprint density at radius 3 is 2.58 bits per heavy atom. The average molecular weight is 321 g/mol. The van der Waals surface area contributed by atoms with Crippen molar-refractivity contribution in [2.75, 3.05) is 39.0 Å². The summed E-state index contributed by atoms with van der Waals surface area (Å²) in [5, 5.41) is 3.83. The van der Waals surface area contributed by atoms with Gasteiger partial charge in [-0.3, -0.25) is 4.90 Å². The number of benzene rings is 2. The molecular weight excluding hydrogens is 294 g/mol. The lowest BCUT2D eigenvalue weighted by atomic mass is 9.80. The van der Waals surface area contributed by atoms with Crippen molar-refractivity contribution in [3.63, 3.8) is 0 Å². The highest BCUT2D eigenvalue weighted by atomic mass is 15.2. The normalized spacial score (nSPS) is 26.0. The van der Waals surface area contributed by atoms with E-state index in [0.717, 1.165) is 13.1 Å². The quantitative estimate of drug-likeness (QED) is 0.924. The highest BCUT2D eigenvalue weighted by Crippen LogP contribution is 2.50. The van der Waals surface area contributed by atoms with Crippen LogP contribution in [0.4, 0.5) is 5.69 Å². The van der Waals surface area contributed by atoms with Crippen molar-refractivity contribution in [3.8, 4) is 0 Å². The van der Waals surface area contributed by atoms with Crippen LogP contribution in [0.5, 0.6) is 0 Å². The van der Waals surface area contributed by atoms with Gasteiger partial charge in [0, 0.05) is 30.7 Å². The Kier molecular flexibility index (Phi) is 4.30. The van der Waals surface area contributed by atoms with E-state index in [1.807, 2.05) is 0 Å². The molecule has 2 aromatic rings. The summed E-state index contributed by atoms with van der Waals surface area (Å²) in [5.74, 6) is 0.643. The van der Waals surface area contributed by atoms with Gasteiger partial charge in [0.2, 0.25) is 0 Å². The highest BCUT2D eigenvalue weighted by molar-refractivity contribution is 5.57. The molecule has 2 heterocycles. The minimum absolute atomic E-state index is 0.412. The van der Waals surface area contributed by atoms with Crippen LogP contribution < -0.4 is 5.32 Å². The van der Waals surface area contributed by atoms with Crippen LogP contribution in [0.1, 0.15) is 29.6 Å². The van der Waals surface area contributed by atoms with Gasteiger partial charge in [-0.25, -0.2) is 0 Å². The average Bonchev–Trinajstić information content (AvgIpc) is 3.04. The molecule has 3 unspecified atom stereocenters. The topological polar surface area (TPSA) is 18.5 Å². The van der Waals surface area contributed by atoms with Gasteiger partial charge in [0.05, 0.1) is 6.04 Å². The molecule has 1 saturated heterocycles. The Hall–Kier alpha value is -1.84. The van der Waals surface area contributed by atoms with Gasteiger partial charge in [0.1, 0.15) is 0 Å². The van der Waals surface area contributed by atoms with Crippen LogP contribution in [0.3, 0.4) is 0 Å². The summed E-state index contributed by atoms with van der Waals surface area (Å²) >= 11 is 0. The molecule has 0 saturated carbocycles. The van der Waals surface area contributed by atoms with Gasteiger partial charge in [0.15, 0.2) is 0 Å². The van der Waals surface area contributed by atoms with E-state index in [-0.39, 0.29) is 0 Å². The predicted octanol–water partition coefficient (Wildman–Crippen LogP) is 3.78. The fraction of sp³-hybridized carbons (Fsp3) is 0.429. The molecule has 0 bridgehead atoms. The number of hydrogen-bond acceptors (Lipinski definition) is 3. The van der Waals surface area contributed by atoms with Crippen LogP contribution in [0.25, 0.3) is 0 Å². The highest BCUT2D eigenvalue weighted by Gasteiger charge is 2.44. The van der Waals surface area contributed by atoms with Crippen molar-refractivity contribution in [3.05, 3.63) is 65.7 Å². The van der Waals surface area contributed by atoms with Crippen LogP contribution in [-0.2, 0) is 0 Å². The first kappa shape index (κ1) is 15.7. The lowest BCUT2D eigenvalue weighted by molar-refractivity contribution is 0.194. The van der Waals surface area contributed by atoms with Crippen molar-refractivity contribution in [2.24, 2.45) is 5.92 Å². The second kappa shape index (κ2) is 6.58. The van der Waals surface area contributed by atoms with Gasteiger partial charge in [-0.05, 0) is 44.3 Å². The first-order valence-electron chi connectivity index (χ1n) is 9.03. The summed E-state index contributed by atoms with van der Waals surface area (Å²) < 4.78 is 0. The standard InChI is InChI=1S/C21H27N3/c1-23(2)14-15-24-13-12-18-20(16-8-4-3-5-9-16)22-19-11-7-6-10-17(19)21(18)24/h3-11,18,20-22H,12-15H2,1-2H3. The molecule has 2 aliphatic rings. The van der Waals surface area contributed by atoms with E-state index in [1.165, 1.54) is 29.8 Å². The second-order valence-electron chi connectivity index (χ2n) is 7.36. The molecule has 0 radical (unpaired) electrons. The number of fused-ring (bicyclic) bond motifs is 3. The first-order valence-corrected chi connectivity index (χ1v) is 9.03. The molecular formula is C21H27N3. The number of para-hydroxylation sites is 1. The van der Waals surface area contributed by atoms with Crippen molar-refractivity contribution < 1.29 is 0 Å². The molecule has 3 heteroatoms. The summed E-state index contributed by atoms with van der Waals surface area (Å²) in [5.41, 5.74) is 4.20. The third-order valence-electron chi connectivity index (χ3n) is 5.56. The number of anilines is 1. The molecule has 0 aromatic heterocycles.